The van der Waals surface area contributed by atoms with E-state index in [1.165, 1.54) is 0 Å². The summed E-state index contributed by atoms with van der Waals surface area (Å²) < 4.78 is 5.36. The summed E-state index contributed by atoms with van der Waals surface area (Å²) in [6.45, 7) is 8.67. The quantitative estimate of drug-likeness (QED) is 0.419. The number of rotatable bonds is 8. The van der Waals surface area contributed by atoms with E-state index >= 15 is 0 Å². The zero-order valence-corrected chi connectivity index (χ0v) is 16.4. The van der Waals surface area contributed by atoms with Crippen LogP contribution in [0.15, 0.2) is 64.2 Å². The van der Waals surface area contributed by atoms with E-state index in [0.29, 0.717) is 19.5 Å². The normalized spacial score (nSPS) is 14.4. The Balaban J connectivity index is 1.57. The van der Waals surface area contributed by atoms with Crippen molar-refractivity contribution in [2.75, 3.05) is 24.5 Å². The van der Waals surface area contributed by atoms with Crippen molar-refractivity contribution >= 4 is 17.6 Å². The second-order valence-electron chi connectivity index (χ2n) is 7.05. The number of anilines is 1. The molecule has 148 valence electrons. The van der Waals surface area contributed by atoms with Gasteiger partial charge in [0.25, 0.3) is 0 Å². The predicted molar refractivity (Wildman–Crippen MR) is 112 cm³/mol. The van der Waals surface area contributed by atoms with Gasteiger partial charge < -0.3 is 20.0 Å². The number of nitrogens with one attached hydrogen (secondary N) is 2. The van der Waals surface area contributed by atoms with Gasteiger partial charge in [0.2, 0.25) is 5.91 Å². The van der Waals surface area contributed by atoms with Gasteiger partial charge in [0, 0.05) is 38.2 Å². The lowest BCUT2D eigenvalue weighted by Crippen LogP contribution is -2.39. The van der Waals surface area contributed by atoms with Crippen LogP contribution in [0.5, 0.6) is 0 Å². The molecule has 1 aromatic heterocycles. The van der Waals surface area contributed by atoms with Gasteiger partial charge in [-0.1, -0.05) is 24.3 Å². The molecule has 6 heteroatoms. The van der Waals surface area contributed by atoms with Gasteiger partial charge in [0.15, 0.2) is 5.96 Å². The van der Waals surface area contributed by atoms with E-state index in [2.05, 4.69) is 22.2 Å². The molecule has 3 rings (SSSR count). The molecule has 6 nitrogen and oxygen atoms in total. The molecular formula is C22H28N4O2. The first kappa shape index (κ1) is 19.7. The fourth-order valence-electron chi connectivity index (χ4n) is 3.04. The predicted octanol–water partition coefficient (Wildman–Crippen LogP) is 3.26. The highest BCUT2D eigenvalue weighted by atomic mass is 16.3. The fourth-order valence-corrected chi connectivity index (χ4v) is 3.04. The van der Waals surface area contributed by atoms with Crippen LogP contribution < -0.4 is 15.5 Å². The van der Waals surface area contributed by atoms with Gasteiger partial charge >= 0.3 is 0 Å². The van der Waals surface area contributed by atoms with Gasteiger partial charge in [-0.15, -0.1) is 0 Å². The Morgan fingerprint density at radius 3 is 2.71 bits per heavy atom. The molecule has 1 saturated heterocycles. The smallest absolute Gasteiger partial charge is 0.227 e. The molecule has 0 spiro atoms. The SMILES string of the molecule is C=C(C)CNC(=NCc1ccc(N2CCCC2=O)cc1)NCCc1ccco1. The number of guanidine groups is 1. The molecule has 28 heavy (non-hydrogen) atoms. The number of furan rings is 1. The minimum atomic E-state index is 0.206. The summed E-state index contributed by atoms with van der Waals surface area (Å²) in [5, 5.41) is 6.62. The second-order valence-corrected chi connectivity index (χ2v) is 7.05. The average Bonchev–Trinajstić information content (AvgIpc) is 3.35. The summed E-state index contributed by atoms with van der Waals surface area (Å²) in [5.41, 5.74) is 3.10. The molecule has 0 radical (unpaired) electrons. The topological polar surface area (TPSA) is 69.9 Å². The van der Waals surface area contributed by atoms with Crippen LogP contribution in [0.3, 0.4) is 0 Å². The molecule has 2 heterocycles. The monoisotopic (exact) mass is 380 g/mol. The Bertz CT molecular complexity index is 810. The zero-order valence-electron chi connectivity index (χ0n) is 16.4. The number of hydrogen-bond acceptors (Lipinski definition) is 3. The minimum Gasteiger partial charge on any atom is -0.469 e. The Kier molecular flexibility index (Phi) is 6.89. The van der Waals surface area contributed by atoms with Gasteiger partial charge in [-0.3, -0.25) is 4.79 Å². The Hall–Kier alpha value is -3.02. The van der Waals surface area contributed by atoms with E-state index in [-0.39, 0.29) is 5.91 Å². The molecule has 1 aliphatic heterocycles. The third kappa shape index (κ3) is 5.74. The van der Waals surface area contributed by atoms with Crippen molar-refractivity contribution in [1.29, 1.82) is 0 Å². The van der Waals surface area contributed by atoms with E-state index in [0.717, 1.165) is 54.5 Å². The Morgan fingerprint density at radius 2 is 2.07 bits per heavy atom. The van der Waals surface area contributed by atoms with Crippen LogP contribution in [0, 0.1) is 0 Å². The standard InChI is InChI=1S/C22H28N4O2/c1-17(2)15-24-22(23-12-11-20-5-4-14-28-20)25-16-18-7-9-19(10-8-18)26-13-3-6-21(26)27/h4-5,7-10,14H,1,3,6,11-13,15-16H2,2H3,(H2,23,24,25). The van der Waals surface area contributed by atoms with E-state index in [1.807, 2.05) is 48.2 Å². The van der Waals surface area contributed by atoms with Crippen molar-refractivity contribution < 1.29 is 9.21 Å². The van der Waals surface area contributed by atoms with Crippen molar-refractivity contribution in [3.8, 4) is 0 Å². The van der Waals surface area contributed by atoms with Crippen molar-refractivity contribution in [3.63, 3.8) is 0 Å². The number of nitrogens with zero attached hydrogens (tertiary/aromatic N) is 2. The highest BCUT2D eigenvalue weighted by Crippen LogP contribution is 2.21. The third-order valence-corrected chi connectivity index (χ3v) is 4.54. The molecule has 1 fully saturated rings. The van der Waals surface area contributed by atoms with Gasteiger partial charge in [-0.05, 0) is 43.2 Å². The van der Waals surface area contributed by atoms with Gasteiger partial charge in [-0.2, -0.15) is 0 Å². The highest BCUT2D eigenvalue weighted by molar-refractivity contribution is 5.95. The third-order valence-electron chi connectivity index (χ3n) is 4.54. The number of hydrogen-bond donors (Lipinski definition) is 2. The minimum absolute atomic E-state index is 0.206. The Labute approximate surface area is 166 Å². The van der Waals surface area contributed by atoms with E-state index in [9.17, 15) is 4.79 Å². The maximum absolute atomic E-state index is 11.9. The number of amides is 1. The Morgan fingerprint density at radius 1 is 1.25 bits per heavy atom. The van der Waals surface area contributed by atoms with Gasteiger partial charge in [0.05, 0.1) is 12.8 Å². The molecular weight excluding hydrogens is 352 g/mol. The summed E-state index contributed by atoms with van der Waals surface area (Å²) in [6, 6.07) is 11.9. The lowest BCUT2D eigenvalue weighted by molar-refractivity contribution is -0.117. The fraction of sp³-hybridized carbons (Fsp3) is 0.364. The summed E-state index contributed by atoms with van der Waals surface area (Å²) in [6.07, 6.45) is 4.06. The lowest BCUT2D eigenvalue weighted by atomic mass is 10.2. The van der Waals surface area contributed by atoms with E-state index in [4.69, 9.17) is 4.42 Å². The molecule has 0 unspecified atom stereocenters. The van der Waals surface area contributed by atoms with Crippen molar-refractivity contribution in [2.45, 2.75) is 32.7 Å². The summed E-state index contributed by atoms with van der Waals surface area (Å²) >= 11 is 0. The molecule has 0 aliphatic carbocycles. The van der Waals surface area contributed by atoms with E-state index in [1.54, 1.807) is 6.26 Å². The van der Waals surface area contributed by atoms with E-state index < -0.39 is 0 Å². The number of carbonyl (C=O) groups excluding carboxylic acids is 1. The van der Waals surface area contributed by atoms with Crippen LogP contribution in [-0.4, -0.2) is 31.5 Å². The zero-order chi connectivity index (χ0) is 19.8. The molecule has 0 saturated carbocycles. The molecule has 0 bridgehead atoms. The highest BCUT2D eigenvalue weighted by Gasteiger charge is 2.21. The van der Waals surface area contributed by atoms with Gasteiger partial charge in [0.1, 0.15) is 5.76 Å². The van der Waals surface area contributed by atoms with Crippen LogP contribution in [0.4, 0.5) is 5.69 Å². The second kappa shape index (κ2) is 9.78. The first-order chi connectivity index (χ1) is 13.6. The average molecular weight is 380 g/mol. The van der Waals surface area contributed by atoms with Crippen LogP contribution in [0.1, 0.15) is 31.1 Å². The summed E-state index contributed by atoms with van der Waals surface area (Å²) in [5.74, 6) is 1.89. The molecule has 2 aromatic rings. The van der Waals surface area contributed by atoms with Gasteiger partial charge in [-0.25, -0.2) is 4.99 Å². The number of carbonyl (C=O) groups is 1. The lowest BCUT2D eigenvalue weighted by Gasteiger charge is -2.16. The summed E-state index contributed by atoms with van der Waals surface area (Å²) in [4.78, 5) is 18.4. The van der Waals surface area contributed by atoms with Crippen molar-refractivity contribution in [2.24, 2.45) is 4.99 Å². The molecule has 1 amide bonds. The molecule has 1 aromatic carbocycles. The molecule has 1 aliphatic rings. The first-order valence-electron chi connectivity index (χ1n) is 9.70. The number of aliphatic imine (C=N–C) groups is 1. The van der Waals surface area contributed by atoms with Crippen LogP contribution >= 0.6 is 0 Å². The van der Waals surface area contributed by atoms with Crippen molar-refractivity contribution in [3.05, 3.63) is 66.1 Å². The molecule has 2 N–H and O–H groups in total. The summed E-state index contributed by atoms with van der Waals surface area (Å²) in [7, 11) is 0. The maximum Gasteiger partial charge on any atom is 0.227 e. The van der Waals surface area contributed by atoms with Crippen molar-refractivity contribution in [1.82, 2.24) is 10.6 Å². The van der Waals surface area contributed by atoms with Crippen LogP contribution in [0.2, 0.25) is 0 Å². The van der Waals surface area contributed by atoms with Crippen LogP contribution in [-0.2, 0) is 17.8 Å². The maximum atomic E-state index is 11.9. The number of benzene rings is 1. The first-order valence-corrected chi connectivity index (χ1v) is 9.70. The van der Waals surface area contributed by atoms with Crippen LogP contribution in [0.25, 0.3) is 0 Å². The largest absolute Gasteiger partial charge is 0.469 e. The molecule has 0 atom stereocenters.